The standard InChI is InChI=1S/C22H20Cl2N2O4S/c1-15-6-9-17(10-7-15)31(27,28)26-25-13-16-8-11-21(22(12-16)29-2)30-14-18-19(23)4-3-5-20(18)24/h3-13,26H,14H2,1-2H3/b25-13-. The second-order valence-electron chi connectivity index (χ2n) is 6.57. The summed E-state index contributed by atoms with van der Waals surface area (Å²) in [5.74, 6) is 0.935. The van der Waals surface area contributed by atoms with Gasteiger partial charge in [-0.2, -0.15) is 13.5 Å². The molecule has 0 unspecified atom stereocenters. The molecule has 0 fully saturated rings. The van der Waals surface area contributed by atoms with Crippen molar-refractivity contribution in [3.63, 3.8) is 0 Å². The Morgan fingerprint density at radius 3 is 2.32 bits per heavy atom. The lowest BCUT2D eigenvalue weighted by Gasteiger charge is -2.13. The van der Waals surface area contributed by atoms with Crippen LogP contribution in [0.2, 0.25) is 10.0 Å². The molecule has 6 nitrogen and oxygen atoms in total. The van der Waals surface area contributed by atoms with Crippen LogP contribution in [0.4, 0.5) is 0 Å². The summed E-state index contributed by atoms with van der Waals surface area (Å²) in [4.78, 5) is 2.33. The van der Waals surface area contributed by atoms with Crippen LogP contribution in [0, 0.1) is 6.92 Å². The SMILES string of the molecule is COc1cc(/C=N\NS(=O)(=O)c2ccc(C)cc2)ccc1OCc1c(Cl)cccc1Cl. The maximum absolute atomic E-state index is 12.3. The van der Waals surface area contributed by atoms with Crippen LogP contribution < -0.4 is 14.3 Å². The summed E-state index contributed by atoms with van der Waals surface area (Å²) in [6, 6.07) is 16.8. The first-order chi connectivity index (χ1) is 14.8. The molecule has 31 heavy (non-hydrogen) atoms. The highest BCUT2D eigenvalue weighted by molar-refractivity contribution is 7.89. The van der Waals surface area contributed by atoms with Crippen LogP contribution in [-0.2, 0) is 16.6 Å². The molecule has 0 saturated carbocycles. The molecule has 1 N–H and O–H groups in total. The highest BCUT2D eigenvalue weighted by Crippen LogP contribution is 2.31. The van der Waals surface area contributed by atoms with Crippen molar-refractivity contribution in [3.05, 3.63) is 87.4 Å². The number of hydrogen-bond donors (Lipinski definition) is 1. The van der Waals surface area contributed by atoms with Crippen LogP contribution in [0.5, 0.6) is 11.5 Å². The molecular formula is C22H20Cl2N2O4S. The molecule has 0 radical (unpaired) electrons. The molecule has 3 rings (SSSR count). The number of nitrogens with zero attached hydrogens (tertiary/aromatic N) is 1. The van der Waals surface area contributed by atoms with E-state index in [0.29, 0.717) is 32.7 Å². The molecule has 0 saturated heterocycles. The quantitative estimate of drug-likeness (QED) is 0.356. The average molecular weight is 479 g/mol. The largest absolute Gasteiger partial charge is 0.493 e. The Morgan fingerprint density at radius 2 is 1.68 bits per heavy atom. The van der Waals surface area contributed by atoms with Gasteiger partial charge in [0.2, 0.25) is 0 Å². The van der Waals surface area contributed by atoms with E-state index in [2.05, 4.69) is 9.93 Å². The fraction of sp³-hybridized carbons (Fsp3) is 0.136. The molecule has 0 aliphatic heterocycles. The Balaban J connectivity index is 1.70. The van der Waals surface area contributed by atoms with Gasteiger partial charge in [-0.25, -0.2) is 4.83 Å². The number of sulfonamides is 1. The maximum Gasteiger partial charge on any atom is 0.276 e. The Bertz CT molecular complexity index is 1180. The fourth-order valence-electron chi connectivity index (χ4n) is 2.64. The second kappa shape index (κ2) is 10.0. The van der Waals surface area contributed by atoms with Crippen LogP contribution in [-0.4, -0.2) is 21.7 Å². The Morgan fingerprint density at radius 1 is 1.00 bits per heavy atom. The minimum absolute atomic E-state index is 0.134. The van der Waals surface area contributed by atoms with Crippen LogP contribution >= 0.6 is 23.2 Å². The smallest absolute Gasteiger partial charge is 0.276 e. The molecule has 0 heterocycles. The van der Waals surface area contributed by atoms with Crippen molar-refractivity contribution < 1.29 is 17.9 Å². The Labute approximate surface area is 191 Å². The van der Waals surface area contributed by atoms with Gasteiger partial charge in [0.25, 0.3) is 10.0 Å². The normalized spacial score (nSPS) is 11.5. The van der Waals surface area contributed by atoms with Gasteiger partial charge in [0.05, 0.1) is 18.2 Å². The molecule has 0 aliphatic rings. The third kappa shape index (κ3) is 5.91. The van der Waals surface area contributed by atoms with E-state index in [1.54, 1.807) is 48.5 Å². The van der Waals surface area contributed by atoms with Crippen molar-refractivity contribution in [2.24, 2.45) is 5.10 Å². The minimum Gasteiger partial charge on any atom is -0.493 e. The number of benzene rings is 3. The molecule has 0 bridgehead atoms. The van der Waals surface area contributed by atoms with E-state index in [-0.39, 0.29) is 11.5 Å². The fourth-order valence-corrected chi connectivity index (χ4v) is 3.94. The number of methoxy groups -OCH3 is 1. The predicted molar refractivity (Wildman–Crippen MR) is 123 cm³/mol. The lowest BCUT2D eigenvalue weighted by atomic mass is 10.2. The van der Waals surface area contributed by atoms with Crippen molar-refractivity contribution >= 4 is 39.4 Å². The molecule has 9 heteroatoms. The van der Waals surface area contributed by atoms with E-state index < -0.39 is 10.0 Å². The molecule has 0 spiro atoms. The summed E-state index contributed by atoms with van der Waals surface area (Å²) in [7, 11) is -2.24. The van der Waals surface area contributed by atoms with Crippen LogP contribution in [0.3, 0.4) is 0 Å². The number of halogens is 2. The van der Waals surface area contributed by atoms with Gasteiger partial charge in [0.15, 0.2) is 11.5 Å². The molecule has 162 valence electrons. The van der Waals surface area contributed by atoms with E-state index in [1.807, 2.05) is 6.92 Å². The van der Waals surface area contributed by atoms with Crippen molar-refractivity contribution in [2.45, 2.75) is 18.4 Å². The highest BCUT2D eigenvalue weighted by atomic mass is 35.5. The second-order valence-corrected chi connectivity index (χ2v) is 9.04. The van der Waals surface area contributed by atoms with E-state index in [9.17, 15) is 8.42 Å². The molecule has 0 amide bonds. The first kappa shape index (κ1) is 22.9. The number of hydrazone groups is 1. The Hall–Kier alpha value is -2.74. The molecular weight excluding hydrogens is 459 g/mol. The molecule has 0 aliphatic carbocycles. The van der Waals surface area contributed by atoms with Gasteiger partial charge in [0, 0.05) is 15.6 Å². The maximum atomic E-state index is 12.3. The number of aryl methyl sites for hydroxylation is 1. The summed E-state index contributed by atoms with van der Waals surface area (Å²) < 4.78 is 35.8. The van der Waals surface area contributed by atoms with E-state index >= 15 is 0 Å². The van der Waals surface area contributed by atoms with Gasteiger partial charge >= 0.3 is 0 Å². The molecule has 3 aromatic carbocycles. The van der Waals surface area contributed by atoms with Crippen molar-refractivity contribution in [1.29, 1.82) is 0 Å². The number of nitrogens with one attached hydrogen (secondary N) is 1. The topological polar surface area (TPSA) is 77.0 Å². The molecule has 3 aromatic rings. The lowest BCUT2D eigenvalue weighted by molar-refractivity contribution is 0.284. The number of ether oxygens (including phenoxy) is 2. The summed E-state index contributed by atoms with van der Waals surface area (Å²) in [6.45, 7) is 2.05. The zero-order valence-corrected chi connectivity index (χ0v) is 19.1. The third-order valence-electron chi connectivity index (χ3n) is 4.34. The number of hydrogen-bond acceptors (Lipinski definition) is 5. The van der Waals surface area contributed by atoms with E-state index in [0.717, 1.165) is 5.56 Å². The third-order valence-corrected chi connectivity index (χ3v) is 6.29. The first-order valence-corrected chi connectivity index (χ1v) is 11.4. The summed E-state index contributed by atoms with van der Waals surface area (Å²) in [6.07, 6.45) is 1.38. The Kier molecular flexibility index (Phi) is 7.43. The van der Waals surface area contributed by atoms with Crippen molar-refractivity contribution in [3.8, 4) is 11.5 Å². The van der Waals surface area contributed by atoms with Crippen molar-refractivity contribution in [1.82, 2.24) is 4.83 Å². The minimum atomic E-state index is -3.75. The van der Waals surface area contributed by atoms with Crippen molar-refractivity contribution in [2.75, 3.05) is 7.11 Å². The van der Waals surface area contributed by atoms with Gasteiger partial charge in [-0.1, -0.05) is 47.0 Å². The monoisotopic (exact) mass is 478 g/mol. The zero-order chi connectivity index (χ0) is 22.4. The van der Waals surface area contributed by atoms with Gasteiger partial charge in [-0.3, -0.25) is 0 Å². The summed E-state index contributed by atoms with van der Waals surface area (Å²) in [5.41, 5.74) is 2.25. The van der Waals surface area contributed by atoms with E-state index in [4.69, 9.17) is 32.7 Å². The zero-order valence-electron chi connectivity index (χ0n) is 16.8. The molecule has 0 atom stereocenters. The number of rotatable bonds is 8. The van der Waals surface area contributed by atoms with Gasteiger partial charge in [-0.15, -0.1) is 0 Å². The average Bonchev–Trinajstić information content (AvgIpc) is 2.74. The first-order valence-electron chi connectivity index (χ1n) is 9.15. The van der Waals surface area contributed by atoms with Gasteiger partial charge in [0.1, 0.15) is 6.61 Å². The summed E-state index contributed by atoms with van der Waals surface area (Å²) in [5, 5.41) is 4.86. The highest BCUT2D eigenvalue weighted by Gasteiger charge is 2.12. The lowest BCUT2D eigenvalue weighted by Crippen LogP contribution is -2.18. The molecule has 0 aromatic heterocycles. The van der Waals surface area contributed by atoms with Crippen LogP contribution in [0.1, 0.15) is 16.7 Å². The van der Waals surface area contributed by atoms with Gasteiger partial charge < -0.3 is 9.47 Å². The summed E-state index contributed by atoms with van der Waals surface area (Å²) >= 11 is 12.3. The van der Waals surface area contributed by atoms with Crippen LogP contribution in [0.15, 0.2) is 70.7 Å². The predicted octanol–water partition coefficient (Wildman–Crippen LogP) is 5.20. The van der Waals surface area contributed by atoms with E-state index in [1.165, 1.54) is 25.5 Å². The van der Waals surface area contributed by atoms with Crippen LogP contribution in [0.25, 0.3) is 0 Å². The van der Waals surface area contributed by atoms with Gasteiger partial charge in [-0.05, 0) is 55.0 Å².